The van der Waals surface area contributed by atoms with Crippen LogP contribution >= 0.6 is 11.8 Å². The molecule has 2 rings (SSSR count). The lowest BCUT2D eigenvalue weighted by Gasteiger charge is -2.26. The van der Waals surface area contributed by atoms with Crippen LogP contribution in [0.5, 0.6) is 0 Å². The second-order valence-corrected chi connectivity index (χ2v) is 6.69. The smallest absolute Gasteiger partial charge is 0.105 e. The third kappa shape index (κ3) is 4.01. The summed E-state index contributed by atoms with van der Waals surface area (Å²) in [6, 6.07) is 7.02. The van der Waals surface area contributed by atoms with Crippen molar-refractivity contribution in [2.24, 2.45) is 0 Å². The highest BCUT2D eigenvalue weighted by molar-refractivity contribution is 7.99. The molecule has 2 atom stereocenters. The Morgan fingerprint density at radius 1 is 1.56 bits per heavy atom. The third-order valence-corrected chi connectivity index (χ3v) is 4.14. The maximum atomic E-state index is 9.35. The van der Waals surface area contributed by atoms with Crippen LogP contribution < -0.4 is 5.32 Å². The number of pyridine rings is 1. The molecule has 1 N–H and O–H groups in total. The zero-order valence-electron chi connectivity index (χ0n) is 10.9. The molecule has 0 bridgehead atoms. The van der Waals surface area contributed by atoms with E-state index < -0.39 is 5.54 Å². The van der Waals surface area contributed by atoms with E-state index in [2.05, 4.69) is 23.3 Å². The Labute approximate surface area is 113 Å². The maximum absolute atomic E-state index is 9.35. The number of nitrogens with one attached hydrogen (secondary N) is 1. The van der Waals surface area contributed by atoms with E-state index >= 15 is 0 Å². The Hall–Kier alpha value is -1.05. The summed E-state index contributed by atoms with van der Waals surface area (Å²) in [5, 5.41) is 13.2. The molecule has 0 amide bonds. The molecule has 96 valence electrons. The van der Waals surface area contributed by atoms with Crippen LogP contribution in [0, 0.1) is 11.3 Å². The van der Waals surface area contributed by atoms with E-state index in [-0.39, 0.29) is 0 Å². The second kappa shape index (κ2) is 5.73. The fourth-order valence-corrected chi connectivity index (χ4v) is 3.24. The molecule has 1 aromatic rings. The monoisotopic (exact) mass is 261 g/mol. The zero-order valence-corrected chi connectivity index (χ0v) is 11.7. The van der Waals surface area contributed by atoms with Crippen molar-refractivity contribution in [3.63, 3.8) is 0 Å². The molecule has 0 saturated heterocycles. The summed E-state index contributed by atoms with van der Waals surface area (Å²) in [6.45, 7) is 4.18. The highest BCUT2D eigenvalue weighted by atomic mass is 32.2. The van der Waals surface area contributed by atoms with Crippen LogP contribution in [0.4, 0.5) is 0 Å². The number of nitriles is 1. The predicted molar refractivity (Wildman–Crippen MR) is 74.3 cm³/mol. The number of aromatic nitrogens is 1. The molecule has 0 spiro atoms. The fourth-order valence-electron chi connectivity index (χ4n) is 2.08. The Bertz CT molecular complexity index is 424. The first-order chi connectivity index (χ1) is 8.61. The van der Waals surface area contributed by atoms with Crippen molar-refractivity contribution in [2.45, 2.75) is 54.8 Å². The molecule has 18 heavy (non-hydrogen) atoms. The Morgan fingerprint density at radius 2 is 2.22 bits per heavy atom. The van der Waals surface area contributed by atoms with Crippen LogP contribution in [0.1, 0.15) is 33.1 Å². The Kier molecular flexibility index (Phi) is 4.26. The summed E-state index contributed by atoms with van der Waals surface area (Å²) in [5.74, 6) is 0. The van der Waals surface area contributed by atoms with Gasteiger partial charge in [0.05, 0.1) is 6.07 Å². The molecular weight excluding hydrogens is 242 g/mol. The summed E-state index contributed by atoms with van der Waals surface area (Å²) < 4.78 is 0. The van der Waals surface area contributed by atoms with Crippen molar-refractivity contribution in [1.82, 2.24) is 10.3 Å². The van der Waals surface area contributed by atoms with Crippen LogP contribution in [0.2, 0.25) is 0 Å². The van der Waals surface area contributed by atoms with Gasteiger partial charge >= 0.3 is 0 Å². The van der Waals surface area contributed by atoms with Gasteiger partial charge in [-0.3, -0.25) is 10.3 Å². The van der Waals surface area contributed by atoms with Crippen molar-refractivity contribution >= 4 is 11.8 Å². The molecule has 4 heteroatoms. The standard InChI is InChI=1S/C14H19N3S/c1-11(18-13-5-7-16-8-6-13)9-14(2,10-15)17-12-3-4-12/h5-8,11-12,17H,3-4,9H2,1-2H3. The van der Waals surface area contributed by atoms with E-state index in [0.29, 0.717) is 11.3 Å². The molecule has 1 fully saturated rings. The molecule has 2 unspecified atom stereocenters. The molecule has 1 aliphatic carbocycles. The van der Waals surface area contributed by atoms with Gasteiger partial charge in [0.1, 0.15) is 5.54 Å². The van der Waals surface area contributed by atoms with Gasteiger partial charge in [-0.1, -0.05) is 6.92 Å². The molecule has 1 aliphatic rings. The quantitative estimate of drug-likeness (QED) is 0.800. The number of hydrogen-bond acceptors (Lipinski definition) is 4. The number of nitrogens with zero attached hydrogens (tertiary/aromatic N) is 2. The topological polar surface area (TPSA) is 48.7 Å². The van der Waals surface area contributed by atoms with Crippen molar-refractivity contribution < 1.29 is 0 Å². The number of thioether (sulfide) groups is 1. The van der Waals surface area contributed by atoms with Crippen molar-refractivity contribution in [1.29, 1.82) is 5.26 Å². The summed E-state index contributed by atoms with van der Waals surface area (Å²) in [5.41, 5.74) is -0.402. The zero-order chi connectivity index (χ0) is 13.0. The average molecular weight is 261 g/mol. The van der Waals surface area contributed by atoms with Crippen molar-refractivity contribution in [3.8, 4) is 6.07 Å². The summed E-state index contributed by atoms with van der Waals surface area (Å²) >= 11 is 1.80. The Morgan fingerprint density at radius 3 is 2.78 bits per heavy atom. The SMILES string of the molecule is CC(CC(C)(C#N)NC1CC1)Sc1ccncc1. The van der Waals surface area contributed by atoms with Gasteiger partial charge in [-0.2, -0.15) is 5.26 Å². The number of hydrogen-bond donors (Lipinski definition) is 1. The van der Waals surface area contributed by atoms with Gasteiger partial charge in [0.15, 0.2) is 0 Å². The molecule has 0 aliphatic heterocycles. The molecule has 1 aromatic heterocycles. The molecule has 3 nitrogen and oxygen atoms in total. The van der Waals surface area contributed by atoms with E-state index in [0.717, 1.165) is 6.42 Å². The van der Waals surface area contributed by atoms with Crippen LogP contribution in [0.15, 0.2) is 29.4 Å². The minimum Gasteiger partial charge on any atom is -0.297 e. The first-order valence-electron chi connectivity index (χ1n) is 6.37. The first kappa shape index (κ1) is 13.4. The van der Waals surface area contributed by atoms with Crippen LogP contribution in [0.3, 0.4) is 0 Å². The Balaban J connectivity index is 1.89. The summed E-state index contributed by atoms with van der Waals surface area (Å²) in [4.78, 5) is 5.23. The van der Waals surface area contributed by atoms with Gasteiger partial charge in [-0.25, -0.2) is 0 Å². The van der Waals surface area contributed by atoms with Crippen LogP contribution in [0.25, 0.3) is 0 Å². The number of rotatable bonds is 6. The molecular formula is C14H19N3S. The second-order valence-electron chi connectivity index (χ2n) is 5.18. The minimum atomic E-state index is -0.402. The normalized spacial score (nSPS) is 19.8. The highest BCUT2D eigenvalue weighted by Crippen LogP contribution is 2.30. The predicted octanol–water partition coefficient (Wildman–Crippen LogP) is 2.99. The van der Waals surface area contributed by atoms with Gasteiger partial charge in [0.2, 0.25) is 0 Å². The molecule has 0 radical (unpaired) electrons. The maximum Gasteiger partial charge on any atom is 0.105 e. The van der Waals surface area contributed by atoms with E-state index in [1.54, 1.807) is 24.2 Å². The van der Waals surface area contributed by atoms with Gasteiger partial charge in [0, 0.05) is 28.6 Å². The molecule has 1 saturated carbocycles. The van der Waals surface area contributed by atoms with Gasteiger partial charge < -0.3 is 0 Å². The average Bonchev–Trinajstić information content (AvgIpc) is 3.13. The lowest BCUT2D eigenvalue weighted by Crippen LogP contribution is -2.44. The van der Waals surface area contributed by atoms with Gasteiger partial charge in [0.25, 0.3) is 0 Å². The third-order valence-electron chi connectivity index (χ3n) is 3.03. The lowest BCUT2D eigenvalue weighted by atomic mass is 9.98. The first-order valence-corrected chi connectivity index (χ1v) is 7.25. The van der Waals surface area contributed by atoms with E-state index in [4.69, 9.17) is 0 Å². The van der Waals surface area contributed by atoms with Gasteiger partial charge in [-0.05, 0) is 38.3 Å². The van der Waals surface area contributed by atoms with E-state index in [1.165, 1.54) is 17.7 Å². The van der Waals surface area contributed by atoms with Crippen molar-refractivity contribution in [2.75, 3.05) is 0 Å². The van der Waals surface area contributed by atoms with Gasteiger partial charge in [-0.15, -0.1) is 11.8 Å². The molecule has 0 aromatic carbocycles. The lowest BCUT2D eigenvalue weighted by molar-refractivity contribution is 0.415. The van der Waals surface area contributed by atoms with E-state index in [1.807, 2.05) is 19.1 Å². The van der Waals surface area contributed by atoms with Crippen LogP contribution in [-0.4, -0.2) is 21.8 Å². The summed E-state index contributed by atoms with van der Waals surface area (Å²) in [7, 11) is 0. The van der Waals surface area contributed by atoms with Crippen LogP contribution in [-0.2, 0) is 0 Å². The fraction of sp³-hybridized carbons (Fsp3) is 0.571. The highest BCUT2D eigenvalue weighted by Gasteiger charge is 2.33. The van der Waals surface area contributed by atoms with E-state index in [9.17, 15) is 5.26 Å². The minimum absolute atomic E-state index is 0.402. The van der Waals surface area contributed by atoms with Crippen molar-refractivity contribution in [3.05, 3.63) is 24.5 Å². The largest absolute Gasteiger partial charge is 0.297 e. The summed E-state index contributed by atoms with van der Waals surface area (Å²) in [6.07, 6.45) is 6.89. The molecule has 1 heterocycles.